The first-order valence-corrected chi connectivity index (χ1v) is 9.71. The number of sulfonamides is 1. The second-order valence-electron chi connectivity index (χ2n) is 4.57. The molecule has 0 spiro atoms. The molecule has 0 bridgehead atoms. The predicted octanol–water partition coefficient (Wildman–Crippen LogP) is 2.10. The molecule has 0 aliphatic carbocycles. The van der Waals surface area contributed by atoms with Crippen LogP contribution in [0.15, 0.2) is 29.2 Å². The minimum absolute atomic E-state index is 0.0704. The Morgan fingerprint density at radius 1 is 1.29 bits per heavy atom. The first kappa shape index (κ1) is 18.3. The van der Waals surface area contributed by atoms with Crippen molar-refractivity contribution < 1.29 is 13.2 Å². The minimum atomic E-state index is -3.25. The molecule has 3 N–H and O–H groups in total. The molecule has 5 nitrogen and oxygen atoms in total. The average molecular weight is 332 g/mol. The summed E-state index contributed by atoms with van der Waals surface area (Å²) in [5.41, 5.74) is 6.48. The van der Waals surface area contributed by atoms with Gasteiger partial charge in [-0.3, -0.25) is 0 Å². The van der Waals surface area contributed by atoms with Crippen LogP contribution in [-0.4, -0.2) is 39.7 Å². The molecule has 120 valence electrons. The maximum atomic E-state index is 11.8. The van der Waals surface area contributed by atoms with Crippen molar-refractivity contribution in [2.75, 3.05) is 37.0 Å². The van der Waals surface area contributed by atoms with Crippen LogP contribution in [0.5, 0.6) is 0 Å². The number of nitrogen functional groups attached to an aromatic ring is 1. The highest BCUT2D eigenvalue weighted by molar-refractivity contribution is 8.00. The van der Waals surface area contributed by atoms with E-state index in [4.69, 9.17) is 10.5 Å². The summed E-state index contributed by atoms with van der Waals surface area (Å²) in [7, 11) is -3.25. The third kappa shape index (κ3) is 8.31. The van der Waals surface area contributed by atoms with Crippen molar-refractivity contribution in [3.63, 3.8) is 0 Å². The first-order valence-electron chi connectivity index (χ1n) is 7.07. The van der Waals surface area contributed by atoms with Gasteiger partial charge < -0.3 is 10.5 Å². The number of ether oxygens (including phenoxy) is 1. The molecule has 0 amide bonds. The van der Waals surface area contributed by atoms with E-state index in [-0.39, 0.29) is 5.75 Å². The summed E-state index contributed by atoms with van der Waals surface area (Å²) < 4.78 is 31.4. The van der Waals surface area contributed by atoms with Crippen molar-refractivity contribution in [3.8, 4) is 0 Å². The van der Waals surface area contributed by atoms with Gasteiger partial charge in [-0.2, -0.15) is 0 Å². The van der Waals surface area contributed by atoms with Gasteiger partial charge in [0.25, 0.3) is 0 Å². The summed E-state index contributed by atoms with van der Waals surface area (Å²) >= 11 is 1.45. The third-order valence-corrected chi connectivity index (χ3v) is 5.47. The number of nitrogens with one attached hydrogen (secondary N) is 1. The molecule has 0 atom stereocenters. The van der Waals surface area contributed by atoms with Crippen LogP contribution >= 0.6 is 11.8 Å². The zero-order chi connectivity index (χ0) is 15.6. The quantitative estimate of drug-likeness (QED) is 0.368. The van der Waals surface area contributed by atoms with Crippen molar-refractivity contribution in [2.24, 2.45) is 0 Å². The zero-order valence-corrected chi connectivity index (χ0v) is 14.0. The van der Waals surface area contributed by atoms with E-state index < -0.39 is 10.0 Å². The van der Waals surface area contributed by atoms with Crippen LogP contribution in [0.1, 0.15) is 19.8 Å². The first-order chi connectivity index (χ1) is 10.0. The number of anilines is 1. The van der Waals surface area contributed by atoms with Crippen LogP contribution in [-0.2, 0) is 14.8 Å². The summed E-state index contributed by atoms with van der Waals surface area (Å²) in [5, 5.41) is 0. The molecule has 1 aromatic carbocycles. The van der Waals surface area contributed by atoms with E-state index in [9.17, 15) is 8.42 Å². The Balaban J connectivity index is 2.19. The van der Waals surface area contributed by atoms with Gasteiger partial charge in [0.05, 0.1) is 12.4 Å². The van der Waals surface area contributed by atoms with Gasteiger partial charge in [-0.05, 0) is 18.6 Å². The summed E-state index contributed by atoms with van der Waals surface area (Å²) in [5.74, 6) is 0.543. The number of nitrogens with two attached hydrogens (primary N) is 1. The van der Waals surface area contributed by atoms with Crippen molar-refractivity contribution in [2.45, 2.75) is 24.7 Å². The van der Waals surface area contributed by atoms with Crippen LogP contribution in [0.2, 0.25) is 0 Å². The van der Waals surface area contributed by atoms with Crippen LogP contribution in [0, 0.1) is 0 Å². The Kier molecular flexibility index (Phi) is 8.75. The lowest BCUT2D eigenvalue weighted by molar-refractivity contribution is 0.136. The topological polar surface area (TPSA) is 81.4 Å². The summed E-state index contributed by atoms with van der Waals surface area (Å²) in [6, 6.07) is 7.44. The Bertz CT molecular complexity index is 507. The number of thioether (sulfide) groups is 1. The van der Waals surface area contributed by atoms with Gasteiger partial charge in [0.15, 0.2) is 0 Å². The lowest BCUT2D eigenvalue weighted by Crippen LogP contribution is -2.30. The Morgan fingerprint density at radius 3 is 2.76 bits per heavy atom. The zero-order valence-electron chi connectivity index (χ0n) is 12.4. The molecule has 0 aliphatic heterocycles. The number of rotatable bonds is 11. The molecule has 21 heavy (non-hydrogen) atoms. The summed E-state index contributed by atoms with van der Waals surface area (Å²) in [4.78, 5) is 0.913. The fourth-order valence-electron chi connectivity index (χ4n) is 1.56. The number of benzene rings is 1. The highest BCUT2D eigenvalue weighted by atomic mass is 32.2. The predicted molar refractivity (Wildman–Crippen MR) is 89.1 cm³/mol. The van der Waals surface area contributed by atoms with Crippen molar-refractivity contribution in [1.29, 1.82) is 0 Å². The van der Waals surface area contributed by atoms with Gasteiger partial charge >= 0.3 is 0 Å². The molecule has 7 heteroatoms. The smallest absolute Gasteiger partial charge is 0.212 e. The summed E-state index contributed by atoms with van der Waals surface area (Å²) in [6.45, 7) is 3.51. The van der Waals surface area contributed by atoms with Gasteiger partial charge in [0.1, 0.15) is 0 Å². The molecule has 0 fully saturated rings. The SMILES string of the molecule is CCCCOCCNS(=O)(=O)CCSc1ccccc1N. The molecule has 0 radical (unpaired) electrons. The van der Waals surface area contributed by atoms with Crippen LogP contribution in [0.25, 0.3) is 0 Å². The van der Waals surface area contributed by atoms with Crippen LogP contribution in [0.4, 0.5) is 5.69 Å². The van der Waals surface area contributed by atoms with Crippen LogP contribution in [0.3, 0.4) is 0 Å². The number of hydrogen-bond acceptors (Lipinski definition) is 5. The third-order valence-electron chi connectivity index (χ3n) is 2.74. The van der Waals surface area contributed by atoms with E-state index in [1.54, 1.807) is 0 Å². The fraction of sp³-hybridized carbons (Fsp3) is 0.571. The highest BCUT2D eigenvalue weighted by Gasteiger charge is 2.10. The van der Waals surface area contributed by atoms with E-state index in [1.165, 1.54) is 11.8 Å². The highest BCUT2D eigenvalue weighted by Crippen LogP contribution is 2.24. The van der Waals surface area contributed by atoms with Gasteiger partial charge in [0.2, 0.25) is 10.0 Å². The maximum Gasteiger partial charge on any atom is 0.212 e. The monoisotopic (exact) mass is 332 g/mol. The molecular weight excluding hydrogens is 308 g/mol. The molecular formula is C14H24N2O3S2. The minimum Gasteiger partial charge on any atom is -0.398 e. The molecule has 0 heterocycles. The van der Waals surface area contributed by atoms with Crippen molar-refractivity contribution in [1.82, 2.24) is 4.72 Å². The normalized spacial score (nSPS) is 11.7. The van der Waals surface area contributed by atoms with E-state index in [0.717, 1.165) is 17.7 Å². The van der Waals surface area contributed by atoms with E-state index in [0.29, 0.717) is 31.2 Å². The number of para-hydroxylation sites is 1. The molecule has 0 saturated carbocycles. The Labute approximate surface area is 131 Å². The average Bonchev–Trinajstić information content (AvgIpc) is 2.45. The molecule has 1 aromatic rings. The maximum absolute atomic E-state index is 11.8. The Morgan fingerprint density at radius 2 is 2.05 bits per heavy atom. The number of unbranched alkanes of at least 4 members (excludes halogenated alkanes) is 1. The van der Waals surface area contributed by atoms with Gasteiger partial charge in [-0.25, -0.2) is 13.1 Å². The lowest BCUT2D eigenvalue weighted by Gasteiger charge is -2.08. The van der Waals surface area contributed by atoms with E-state index in [1.807, 2.05) is 24.3 Å². The van der Waals surface area contributed by atoms with E-state index >= 15 is 0 Å². The molecule has 1 rings (SSSR count). The molecule has 0 aromatic heterocycles. The largest absolute Gasteiger partial charge is 0.398 e. The van der Waals surface area contributed by atoms with Crippen molar-refractivity contribution in [3.05, 3.63) is 24.3 Å². The second-order valence-corrected chi connectivity index (χ2v) is 7.63. The Hall–Kier alpha value is -0.760. The second kappa shape index (κ2) is 10.0. The van der Waals surface area contributed by atoms with Gasteiger partial charge in [-0.15, -0.1) is 11.8 Å². The molecule has 0 aliphatic rings. The standard InChI is InChI=1S/C14H24N2O3S2/c1-2-3-9-19-10-8-16-21(17,18)12-11-20-14-7-5-4-6-13(14)15/h4-7,16H,2-3,8-12,15H2,1H3. The fourth-order valence-corrected chi connectivity index (χ4v) is 3.94. The summed E-state index contributed by atoms with van der Waals surface area (Å²) in [6.07, 6.45) is 2.08. The van der Waals surface area contributed by atoms with Gasteiger partial charge in [-0.1, -0.05) is 25.5 Å². The van der Waals surface area contributed by atoms with Gasteiger partial charge in [0, 0.05) is 29.5 Å². The molecule has 0 saturated heterocycles. The molecule has 0 unspecified atom stereocenters. The van der Waals surface area contributed by atoms with Crippen LogP contribution < -0.4 is 10.5 Å². The van der Waals surface area contributed by atoms with E-state index in [2.05, 4.69) is 11.6 Å². The van der Waals surface area contributed by atoms with Crippen molar-refractivity contribution >= 4 is 27.5 Å². The lowest BCUT2D eigenvalue weighted by atomic mass is 10.3. The number of hydrogen-bond donors (Lipinski definition) is 2.